The Bertz CT molecular complexity index is 870. The number of rotatable bonds is 3. The van der Waals surface area contributed by atoms with Crippen LogP contribution in [0.1, 0.15) is 23.1 Å². The van der Waals surface area contributed by atoms with Crippen molar-refractivity contribution in [3.05, 3.63) is 70.8 Å². The predicted molar refractivity (Wildman–Crippen MR) is 95.0 cm³/mol. The number of nitrogens with zero attached hydrogens (tertiary/aromatic N) is 1. The minimum Gasteiger partial charge on any atom is -0.507 e. The highest BCUT2D eigenvalue weighted by Crippen LogP contribution is 2.34. The van der Waals surface area contributed by atoms with E-state index in [0.717, 1.165) is 11.1 Å². The SMILES string of the molecule is COC(=O)C1=C(O)c2ccccc2N(Cc2cccc(C)c2)C(=O)C1. The quantitative estimate of drug-likeness (QED) is 0.872. The van der Waals surface area contributed by atoms with E-state index in [1.54, 1.807) is 29.2 Å². The van der Waals surface area contributed by atoms with E-state index in [4.69, 9.17) is 4.74 Å². The minimum absolute atomic E-state index is 0.0216. The molecule has 25 heavy (non-hydrogen) atoms. The third-order valence-corrected chi connectivity index (χ3v) is 4.22. The highest BCUT2D eigenvalue weighted by molar-refractivity contribution is 6.09. The molecule has 2 aromatic rings. The van der Waals surface area contributed by atoms with E-state index in [-0.39, 0.29) is 23.7 Å². The van der Waals surface area contributed by atoms with Crippen LogP contribution >= 0.6 is 0 Å². The zero-order chi connectivity index (χ0) is 18.0. The fourth-order valence-electron chi connectivity index (χ4n) is 3.00. The number of hydrogen-bond donors (Lipinski definition) is 1. The number of ether oxygens (including phenoxy) is 1. The number of esters is 1. The molecule has 128 valence electrons. The fraction of sp³-hybridized carbons (Fsp3) is 0.200. The number of aryl methyl sites for hydroxylation is 1. The first kappa shape index (κ1) is 16.8. The number of para-hydroxylation sites is 1. The number of aliphatic hydroxyl groups is 1. The van der Waals surface area contributed by atoms with Gasteiger partial charge < -0.3 is 14.7 Å². The summed E-state index contributed by atoms with van der Waals surface area (Å²) in [6.45, 7) is 2.35. The van der Waals surface area contributed by atoms with Crippen molar-refractivity contribution in [3.63, 3.8) is 0 Å². The topological polar surface area (TPSA) is 66.8 Å². The molecule has 0 saturated carbocycles. The number of amides is 1. The molecule has 0 saturated heterocycles. The molecule has 1 amide bonds. The van der Waals surface area contributed by atoms with Crippen LogP contribution in [0.3, 0.4) is 0 Å². The van der Waals surface area contributed by atoms with Crippen LogP contribution in [0.4, 0.5) is 5.69 Å². The molecule has 0 unspecified atom stereocenters. The molecule has 1 aliphatic heterocycles. The number of aliphatic hydroxyl groups excluding tert-OH is 1. The largest absolute Gasteiger partial charge is 0.507 e. The van der Waals surface area contributed by atoms with Gasteiger partial charge in [-0.25, -0.2) is 4.79 Å². The molecule has 0 radical (unpaired) electrons. The maximum atomic E-state index is 12.8. The second-order valence-electron chi connectivity index (χ2n) is 5.98. The van der Waals surface area contributed by atoms with Crippen molar-refractivity contribution in [1.82, 2.24) is 0 Å². The van der Waals surface area contributed by atoms with Gasteiger partial charge in [0, 0.05) is 5.56 Å². The molecule has 2 aromatic carbocycles. The summed E-state index contributed by atoms with van der Waals surface area (Å²) in [7, 11) is 1.23. The fourth-order valence-corrected chi connectivity index (χ4v) is 3.00. The first-order valence-corrected chi connectivity index (χ1v) is 7.97. The van der Waals surface area contributed by atoms with Crippen LogP contribution in [0.15, 0.2) is 54.1 Å². The zero-order valence-electron chi connectivity index (χ0n) is 14.2. The normalized spacial score (nSPS) is 14.2. The summed E-state index contributed by atoms with van der Waals surface area (Å²) in [5, 5.41) is 10.5. The molecule has 1 N–H and O–H groups in total. The van der Waals surface area contributed by atoms with Crippen molar-refractivity contribution in [2.24, 2.45) is 0 Å². The van der Waals surface area contributed by atoms with Gasteiger partial charge in [-0.05, 0) is 24.6 Å². The van der Waals surface area contributed by atoms with Gasteiger partial charge in [-0.2, -0.15) is 0 Å². The van der Waals surface area contributed by atoms with E-state index < -0.39 is 5.97 Å². The average Bonchev–Trinajstić information content (AvgIpc) is 2.72. The standard InChI is InChI=1S/C20H19NO4/c1-13-6-5-7-14(10-13)12-21-17-9-4-3-8-15(17)19(23)16(11-18(21)22)20(24)25-2/h3-10,23H,11-12H2,1-2H3. The lowest BCUT2D eigenvalue weighted by atomic mass is 10.1. The van der Waals surface area contributed by atoms with E-state index in [1.807, 2.05) is 31.2 Å². The summed E-state index contributed by atoms with van der Waals surface area (Å²) < 4.78 is 4.72. The van der Waals surface area contributed by atoms with Crippen molar-refractivity contribution >= 4 is 23.3 Å². The Kier molecular flexibility index (Phi) is 4.57. The number of methoxy groups -OCH3 is 1. The van der Waals surface area contributed by atoms with Crippen LogP contribution < -0.4 is 4.90 Å². The van der Waals surface area contributed by atoms with Gasteiger partial charge >= 0.3 is 5.97 Å². The van der Waals surface area contributed by atoms with E-state index >= 15 is 0 Å². The molecule has 0 aromatic heterocycles. The molecule has 0 fully saturated rings. The second-order valence-corrected chi connectivity index (χ2v) is 5.98. The van der Waals surface area contributed by atoms with Crippen LogP contribution in [0.2, 0.25) is 0 Å². The summed E-state index contributed by atoms with van der Waals surface area (Å²) in [5.74, 6) is -1.17. The number of carbonyl (C=O) groups is 2. The van der Waals surface area contributed by atoms with Crippen LogP contribution in [0, 0.1) is 6.92 Å². The first-order chi connectivity index (χ1) is 12.0. The predicted octanol–water partition coefficient (Wildman–Crippen LogP) is 3.37. The van der Waals surface area contributed by atoms with Gasteiger partial charge in [0.15, 0.2) is 0 Å². The summed E-state index contributed by atoms with van der Waals surface area (Å²) in [6, 6.07) is 14.9. The Balaban J connectivity index is 2.07. The average molecular weight is 337 g/mol. The van der Waals surface area contributed by atoms with Gasteiger partial charge in [0.25, 0.3) is 0 Å². The lowest BCUT2D eigenvalue weighted by Gasteiger charge is -2.23. The molecule has 1 heterocycles. The molecule has 5 nitrogen and oxygen atoms in total. The lowest BCUT2D eigenvalue weighted by Crippen LogP contribution is -2.30. The van der Waals surface area contributed by atoms with E-state index in [2.05, 4.69) is 0 Å². The van der Waals surface area contributed by atoms with Gasteiger partial charge in [-0.3, -0.25) is 4.79 Å². The van der Waals surface area contributed by atoms with Crippen molar-refractivity contribution < 1.29 is 19.4 Å². The molecule has 3 rings (SSSR count). The number of anilines is 1. The lowest BCUT2D eigenvalue weighted by molar-refractivity contribution is -0.137. The first-order valence-electron chi connectivity index (χ1n) is 7.97. The Morgan fingerprint density at radius 1 is 1.20 bits per heavy atom. The molecule has 0 aliphatic carbocycles. The van der Waals surface area contributed by atoms with E-state index in [1.165, 1.54) is 7.11 Å². The third kappa shape index (κ3) is 3.26. The van der Waals surface area contributed by atoms with Gasteiger partial charge in [-0.1, -0.05) is 42.0 Å². The second kappa shape index (κ2) is 6.81. The molecule has 1 aliphatic rings. The molecule has 5 heteroatoms. The highest BCUT2D eigenvalue weighted by Gasteiger charge is 2.31. The zero-order valence-corrected chi connectivity index (χ0v) is 14.2. The number of benzene rings is 2. The van der Waals surface area contributed by atoms with Crippen molar-refractivity contribution in [3.8, 4) is 0 Å². The van der Waals surface area contributed by atoms with Crippen LogP contribution in [0.25, 0.3) is 5.76 Å². The van der Waals surface area contributed by atoms with Gasteiger partial charge in [0.2, 0.25) is 5.91 Å². The van der Waals surface area contributed by atoms with Crippen molar-refractivity contribution in [1.29, 1.82) is 0 Å². The number of hydrogen-bond acceptors (Lipinski definition) is 4. The maximum absolute atomic E-state index is 12.8. The number of carbonyl (C=O) groups excluding carboxylic acids is 2. The molecule has 0 atom stereocenters. The maximum Gasteiger partial charge on any atom is 0.338 e. The van der Waals surface area contributed by atoms with Crippen molar-refractivity contribution in [2.75, 3.05) is 12.0 Å². The highest BCUT2D eigenvalue weighted by atomic mass is 16.5. The molecule has 0 bridgehead atoms. The molecule has 0 spiro atoms. The van der Waals surface area contributed by atoms with Crippen molar-refractivity contribution in [2.45, 2.75) is 19.9 Å². The van der Waals surface area contributed by atoms with E-state index in [9.17, 15) is 14.7 Å². The summed E-state index contributed by atoms with van der Waals surface area (Å²) >= 11 is 0. The Morgan fingerprint density at radius 3 is 2.68 bits per heavy atom. The van der Waals surface area contributed by atoms with Crippen LogP contribution in [0.5, 0.6) is 0 Å². The number of fused-ring (bicyclic) bond motifs is 1. The molecular weight excluding hydrogens is 318 g/mol. The smallest absolute Gasteiger partial charge is 0.338 e. The van der Waals surface area contributed by atoms with E-state index in [0.29, 0.717) is 17.8 Å². The summed E-state index contributed by atoms with van der Waals surface area (Å²) in [5.41, 5.74) is 3.08. The Morgan fingerprint density at radius 2 is 1.96 bits per heavy atom. The Labute approximate surface area is 146 Å². The summed E-state index contributed by atoms with van der Waals surface area (Å²) in [6.07, 6.45) is -0.209. The third-order valence-electron chi connectivity index (χ3n) is 4.22. The molecular formula is C20H19NO4. The van der Waals surface area contributed by atoms with Gasteiger partial charge in [0.05, 0.1) is 31.3 Å². The van der Waals surface area contributed by atoms with Crippen LogP contribution in [-0.4, -0.2) is 24.1 Å². The van der Waals surface area contributed by atoms with Gasteiger partial charge in [0.1, 0.15) is 5.76 Å². The summed E-state index contributed by atoms with van der Waals surface area (Å²) in [4.78, 5) is 26.4. The monoisotopic (exact) mass is 337 g/mol. The minimum atomic E-state index is -0.696. The Hall–Kier alpha value is -3.08. The van der Waals surface area contributed by atoms with Gasteiger partial charge in [-0.15, -0.1) is 0 Å². The van der Waals surface area contributed by atoms with Crippen LogP contribution in [-0.2, 0) is 20.9 Å².